The summed E-state index contributed by atoms with van der Waals surface area (Å²) in [5.41, 5.74) is 0.0903. The van der Waals surface area contributed by atoms with Crippen LogP contribution >= 0.6 is 11.6 Å². The van der Waals surface area contributed by atoms with E-state index >= 15 is 0 Å². The zero-order valence-electron chi connectivity index (χ0n) is 8.37. The van der Waals surface area contributed by atoms with Crippen LogP contribution in [0.25, 0.3) is 0 Å². The molecule has 3 heteroatoms. The molecule has 0 heterocycles. The zero-order valence-corrected chi connectivity index (χ0v) is 9.12. The van der Waals surface area contributed by atoms with Gasteiger partial charge in [-0.15, -0.1) is 11.6 Å². The molecule has 0 saturated heterocycles. The Morgan fingerprint density at radius 2 is 1.86 bits per heavy atom. The fourth-order valence-corrected chi connectivity index (χ4v) is 2.89. The minimum Gasteiger partial charge on any atom is -0.207 e. The van der Waals surface area contributed by atoms with Crippen molar-refractivity contribution < 1.29 is 8.78 Å². The van der Waals surface area contributed by atoms with E-state index in [1.165, 1.54) is 0 Å². The van der Waals surface area contributed by atoms with Crippen LogP contribution in [0, 0.1) is 11.3 Å². The van der Waals surface area contributed by atoms with Gasteiger partial charge in [0.05, 0.1) is 0 Å². The first-order valence-corrected chi connectivity index (χ1v) is 6.05. The maximum Gasteiger partial charge on any atom is 0.250 e. The molecule has 2 aliphatic carbocycles. The monoisotopic (exact) mass is 222 g/mol. The van der Waals surface area contributed by atoms with E-state index in [0.717, 1.165) is 19.3 Å². The van der Waals surface area contributed by atoms with Crippen molar-refractivity contribution in [2.24, 2.45) is 11.3 Å². The van der Waals surface area contributed by atoms with Crippen molar-refractivity contribution in [3.63, 3.8) is 0 Å². The molecule has 0 amide bonds. The van der Waals surface area contributed by atoms with Gasteiger partial charge in [-0.2, -0.15) is 0 Å². The van der Waals surface area contributed by atoms with E-state index in [2.05, 4.69) is 0 Å². The van der Waals surface area contributed by atoms with Gasteiger partial charge >= 0.3 is 0 Å². The second-order valence-electron chi connectivity index (χ2n) is 5.04. The molecule has 2 aliphatic rings. The second kappa shape index (κ2) is 3.62. The lowest BCUT2D eigenvalue weighted by Crippen LogP contribution is -2.33. The van der Waals surface area contributed by atoms with Gasteiger partial charge in [-0.05, 0) is 37.5 Å². The van der Waals surface area contributed by atoms with Crippen LogP contribution in [0.2, 0.25) is 0 Å². The van der Waals surface area contributed by atoms with Crippen LogP contribution < -0.4 is 0 Å². The highest BCUT2D eigenvalue weighted by Gasteiger charge is 2.50. The third-order valence-corrected chi connectivity index (χ3v) is 4.40. The van der Waals surface area contributed by atoms with Crippen molar-refractivity contribution in [2.45, 2.75) is 50.9 Å². The molecule has 0 nitrogen and oxygen atoms in total. The zero-order chi connectivity index (χ0) is 10.2. The summed E-state index contributed by atoms with van der Waals surface area (Å²) in [7, 11) is 0. The molecule has 0 N–H and O–H groups in total. The minimum atomic E-state index is -2.42. The maximum absolute atomic E-state index is 13.5. The summed E-state index contributed by atoms with van der Waals surface area (Å²) in [6.45, 7) is 0. The number of hydrogen-bond acceptors (Lipinski definition) is 0. The molecule has 0 aromatic heterocycles. The van der Waals surface area contributed by atoms with Gasteiger partial charge < -0.3 is 0 Å². The predicted molar refractivity (Wildman–Crippen MR) is 53.9 cm³/mol. The van der Waals surface area contributed by atoms with Crippen molar-refractivity contribution in [3.8, 4) is 0 Å². The van der Waals surface area contributed by atoms with Crippen molar-refractivity contribution in [1.82, 2.24) is 0 Å². The topological polar surface area (TPSA) is 0 Å². The molecule has 2 rings (SSSR count). The largest absolute Gasteiger partial charge is 0.250 e. The average Bonchev–Trinajstić information content (AvgIpc) is 2.90. The number of halogens is 3. The van der Waals surface area contributed by atoms with E-state index in [1.807, 2.05) is 0 Å². The van der Waals surface area contributed by atoms with E-state index in [9.17, 15) is 8.78 Å². The highest BCUT2D eigenvalue weighted by Crippen LogP contribution is 2.55. The van der Waals surface area contributed by atoms with Crippen LogP contribution in [-0.4, -0.2) is 11.8 Å². The lowest BCUT2D eigenvalue weighted by atomic mass is 9.79. The van der Waals surface area contributed by atoms with Crippen LogP contribution in [-0.2, 0) is 0 Å². The Balaban J connectivity index is 1.95. The highest BCUT2D eigenvalue weighted by molar-refractivity contribution is 6.18. The highest BCUT2D eigenvalue weighted by atomic mass is 35.5. The second-order valence-corrected chi connectivity index (χ2v) is 5.31. The summed E-state index contributed by atoms with van der Waals surface area (Å²) in [5.74, 6) is -2.24. The van der Waals surface area contributed by atoms with Crippen LogP contribution in [0.4, 0.5) is 8.78 Å². The first-order chi connectivity index (χ1) is 6.58. The van der Waals surface area contributed by atoms with E-state index in [1.54, 1.807) is 0 Å². The first kappa shape index (κ1) is 10.7. The summed E-state index contributed by atoms with van der Waals surface area (Å²) in [6, 6.07) is 0. The molecule has 2 fully saturated rings. The summed E-state index contributed by atoms with van der Waals surface area (Å²) in [5, 5.41) is 0. The molecule has 0 spiro atoms. The van der Waals surface area contributed by atoms with Crippen molar-refractivity contribution in [2.75, 3.05) is 5.88 Å². The maximum atomic E-state index is 13.5. The first-order valence-electron chi connectivity index (χ1n) is 5.52. The SMILES string of the molecule is FC1(F)CCCCC1CC1(CCl)CC1. The van der Waals surface area contributed by atoms with Gasteiger partial charge in [0.1, 0.15) is 0 Å². The molecular formula is C11H17ClF2. The molecule has 0 radical (unpaired) electrons. The summed E-state index contributed by atoms with van der Waals surface area (Å²) >= 11 is 5.82. The van der Waals surface area contributed by atoms with Gasteiger partial charge in [-0.1, -0.05) is 6.42 Å². The van der Waals surface area contributed by atoms with Crippen LogP contribution in [0.3, 0.4) is 0 Å². The minimum absolute atomic E-state index is 0.0903. The Labute approximate surface area is 89.0 Å². The Morgan fingerprint density at radius 1 is 1.14 bits per heavy atom. The van der Waals surface area contributed by atoms with Gasteiger partial charge in [0, 0.05) is 18.2 Å². The smallest absolute Gasteiger partial charge is 0.207 e. The Bertz CT molecular complexity index is 211. The molecule has 0 aromatic carbocycles. The van der Waals surface area contributed by atoms with Crippen LogP contribution in [0.5, 0.6) is 0 Å². The van der Waals surface area contributed by atoms with Gasteiger partial charge in [0.15, 0.2) is 0 Å². The van der Waals surface area contributed by atoms with Crippen LogP contribution in [0.1, 0.15) is 44.9 Å². The van der Waals surface area contributed by atoms with Crippen molar-refractivity contribution in [3.05, 3.63) is 0 Å². The third kappa shape index (κ3) is 2.05. The molecule has 2 saturated carbocycles. The molecule has 1 unspecified atom stereocenters. The Morgan fingerprint density at radius 3 is 2.36 bits per heavy atom. The van der Waals surface area contributed by atoms with E-state index in [4.69, 9.17) is 11.6 Å². The molecule has 1 atom stereocenters. The summed E-state index contributed by atoms with van der Waals surface area (Å²) < 4.78 is 27.0. The number of hydrogen-bond donors (Lipinski definition) is 0. The van der Waals surface area contributed by atoms with E-state index in [-0.39, 0.29) is 11.8 Å². The molecular weight excluding hydrogens is 206 g/mol. The van der Waals surface area contributed by atoms with Gasteiger partial charge in [-0.25, -0.2) is 8.78 Å². The number of alkyl halides is 3. The van der Waals surface area contributed by atoms with Gasteiger partial charge in [-0.3, -0.25) is 0 Å². The summed E-state index contributed by atoms with van der Waals surface area (Å²) in [4.78, 5) is 0. The van der Waals surface area contributed by atoms with E-state index < -0.39 is 11.8 Å². The lowest BCUT2D eigenvalue weighted by molar-refractivity contribution is -0.0935. The molecule has 0 aliphatic heterocycles. The molecule has 82 valence electrons. The fraction of sp³-hybridized carbons (Fsp3) is 1.00. The predicted octanol–water partition coefficient (Wildman–Crippen LogP) is 4.22. The van der Waals surface area contributed by atoms with Gasteiger partial charge in [0.25, 0.3) is 5.92 Å². The lowest BCUT2D eigenvalue weighted by Gasteiger charge is -2.33. The van der Waals surface area contributed by atoms with Crippen molar-refractivity contribution in [1.29, 1.82) is 0 Å². The standard InChI is InChI=1S/C11H17ClF2/c12-8-10(5-6-10)7-9-3-1-2-4-11(9,13)14/h9H,1-8H2. The summed E-state index contributed by atoms with van der Waals surface area (Å²) in [6.07, 6.45) is 5.23. The fourth-order valence-electron chi connectivity index (χ4n) is 2.51. The number of rotatable bonds is 3. The Hall–Kier alpha value is 0.150. The molecule has 14 heavy (non-hydrogen) atoms. The Kier molecular flexibility index (Phi) is 2.76. The molecule has 0 bridgehead atoms. The normalized spacial score (nSPS) is 34.1. The van der Waals surface area contributed by atoms with Gasteiger partial charge in [0.2, 0.25) is 0 Å². The molecule has 0 aromatic rings. The van der Waals surface area contributed by atoms with Crippen molar-refractivity contribution >= 4 is 11.6 Å². The van der Waals surface area contributed by atoms with E-state index in [0.29, 0.717) is 25.1 Å². The average molecular weight is 223 g/mol. The third-order valence-electron chi connectivity index (χ3n) is 3.83. The van der Waals surface area contributed by atoms with Crippen LogP contribution in [0.15, 0.2) is 0 Å². The quantitative estimate of drug-likeness (QED) is 0.628.